The van der Waals surface area contributed by atoms with E-state index in [1.54, 1.807) is 24.3 Å². The van der Waals surface area contributed by atoms with E-state index in [0.717, 1.165) is 12.1 Å². The van der Waals surface area contributed by atoms with E-state index in [1.165, 1.54) is 11.8 Å². The van der Waals surface area contributed by atoms with Crippen molar-refractivity contribution in [3.63, 3.8) is 0 Å². The zero-order valence-corrected chi connectivity index (χ0v) is 14.0. The molecule has 1 heterocycles. The quantitative estimate of drug-likeness (QED) is 0.854. The third-order valence-corrected chi connectivity index (χ3v) is 4.25. The lowest BCUT2D eigenvalue weighted by Gasteiger charge is -2.17. The molecule has 0 bridgehead atoms. The van der Waals surface area contributed by atoms with Gasteiger partial charge >= 0.3 is 0 Å². The molecule has 2 aromatic rings. The fourth-order valence-electron chi connectivity index (χ4n) is 2.85. The van der Waals surface area contributed by atoms with Crippen molar-refractivity contribution in [1.82, 2.24) is 0 Å². The molecule has 26 heavy (non-hydrogen) atoms. The van der Waals surface area contributed by atoms with Crippen LogP contribution in [0.5, 0.6) is 0 Å². The number of hydrogen-bond acceptors (Lipinski definition) is 3. The van der Waals surface area contributed by atoms with Crippen LogP contribution in [0.15, 0.2) is 42.5 Å². The first-order valence-corrected chi connectivity index (χ1v) is 8.02. The topological polar surface area (TPSA) is 66.5 Å². The van der Waals surface area contributed by atoms with Crippen LogP contribution in [0.3, 0.4) is 0 Å². The molecule has 7 heteroatoms. The fraction of sp³-hybridized carbons (Fsp3) is 0.211. The number of amides is 2. The van der Waals surface area contributed by atoms with Gasteiger partial charge in [0.15, 0.2) is 5.78 Å². The van der Waals surface area contributed by atoms with Crippen molar-refractivity contribution in [2.45, 2.75) is 13.3 Å². The Morgan fingerprint density at radius 2 is 1.92 bits per heavy atom. The van der Waals surface area contributed by atoms with Crippen molar-refractivity contribution >= 4 is 29.0 Å². The van der Waals surface area contributed by atoms with Crippen molar-refractivity contribution < 1.29 is 23.2 Å². The van der Waals surface area contributed by atoms with Gasteiger partial charge in [0.2, 0.25) is 11.8 Å². The first-order chi connectivity index (χ1) is 12.3. The van der Waals surface area contributed by atoms with E-state index in [2.05, 4.69) is 5.32 Å². The van der Waals surface area contributed by atoms with Crippen LogP contribution in [-0.4, -0.2) is 24.1 Å². The zero-order chi connectivity index (χ0) is 18.8. The molecular weight excluding hydrogens is 342 g/mol. The second-order valence-electron chi connectivity index (χ2n) is 6.13. The van der Waals surface area contributed by atoms with Crippen LogP contribution in [0.1, 0.15) is 23.7 Å². The summed E-state index contributed by atoms with van der Waals surface area (Å²) in [7, 11) is 0. The van der Waals surface area contributed by atoms with Gasteiger partial charge in [-0.15, -0.1) is 0 Å². The van der Waals surface area contributed by atoms with Gasteiger partial charge in [-0.1, -0.05) is 12.1 Å². The lowest BCUT2D eigenvalue weighted by Crippen LogP contribution is -2.28. The van der Waals surface area contributed by atoms with Gasteiger partial charge in [-0.2, -0.15) is 0 Å². The van der Waals surface area contributed by atoms with Crippen molar-refractivity contribution in [2.24, 2.45) is 5.92 Å². The minimum atomic E-state index is -0.881. The Balaban J connectivity index is 1.74. The minimum absolute atomic E-state index is 0.0288. The summed E-state index contributed by atoms with van der Waals surface area (Å²) in [5, 5.41) is 2.39. The lowest BCUT2D eigenvalue weighted by atomic mass is 10.1. The fourth-order valence-corrected chi connectivity index (χ4v) is 2.85. The van der Waals surface area contributed by atoms with Gasteiger partial charge in [0.1, 0.15) is 11.6 Å². The monoisotopic (exact) mass is 358 g/mol. The van der Waals surface area contributed by atoms with Gasteiger partial charge in [-0.05, 0) is 31.2 Å². The molecule has 1 N–H and O–H groups in total. The molecular formula is C19H16F2N2O3. The van der Waals surface area contributed by atoms with Crippen LogP contribution in [0.4, 0.5) is 20.2 Å². The molecule has 1 atom stereocenters. The van der Waals surface area contributed by atoms with E-state index >= 15 is 0 Å². The summed E-state index contributed by atoms with van der Waals surface area (Å²) in [6.45, 7) is 1.55. The standard InChI is InChI=1S/C19H16F2N2O3/c1-11(24)12-3-2-4-15(7-12)23-10-13(8-18(23)25)19(26)22-17-6-5-14(20)9-16(17)21/h2-7,9,13H,8,10H2,1H3,(H,22,26). The maximum atomic E-state index is 13.7. The Hall–Kier alpha value is -3.09. The number of hydrogen-bond donors (Lipinski definition) is 1. The first kappa shape index (κ1) is 17.7. The number of nitrogens with one attached hydrogen (secondary N) is 1. The number of rotatable bonds is 4. The van der Waals surface area contributed by atoms with E-state index in [1.807, 2.05) is 0 Å². The Morgan fingerprint density at radius 3 is 2.62 bits per heavy atom. The highest BCUT2D eigenvalue weighted by Crippen LogP contribution is 2.27. The molecule has 1 aliphatic heterocycles. The average molecular weight is 358 g/mol. The van der Waals surface area contributed by atoms with E-state index in [-0.39, 0.29) is 30.3 Å². The van der Waals surface area contributed by atoms with Crippen LogP contribution in [0, 0.1) is 17.6 Å². The van der Waals surface area contributed by atoms with E-state index in [4.69, 9.17) is 0 Å². The number of halogens is 2. The maximum Gasteiger partial charge on any atom is 0.229 e. The van der Waals surface area contributed by atoms with Gasteiger partial charge in [0.25, 0.3) is 0 Å². The second-order valence-corrected chi connectivity index (χ2v) is 6.13. The predicted octanol–water partition coefficient (Wildman–Crippen LogP) is 3.16. The molecule has 0 aliphatic carbocycles. The molecule has 2 amide bonds. The van der Waals surface area contributed by atoms with Crippen molar-refractivity contribution in [2.75, 3.05) is 16.8 Å². The Kier molecular flexibility index (Phi) is 4.79. The molecule has 2 aromatic carbocycles. The van der Waals surface area contributed by atoms with Gasteiger partial charge in [0.05, 0.1) is 11.6 Å². The van der Waals surface area contributed by atoms with Crippen LogP contribution in [0.2, 0.25) is 0 Å². The van der Waals surface area contributed by atoms with E-state index in [0.29, 0.717) is 17.3 Å². The van der Waals surface area contributed by atoms with Crippen molar-refractivity contribution in [3.05, 3.63) is 59.7 Å². The van der Waals surface area contributed by atoms with Gasteiger partial charge in [0, 0.05) is 30.3 Å². The second kappa shape index (κ2) is 7.03. The predicted molar refractivity (Wildman–Crippen MR) is 91.9 cm³/mol. The molecule has 5 nitrogen and oxygen atoms in total. The highest BCUT2D eigenvalue weighted by Gasteiger charge is 2.35. The average Bonchev–Trinajstić information content (AvgIpc) is 2.99. The normalized spacial score (nSPS) is 16.7. The molecule has 0 spiro atoms. The third-order valence-electron chi connectivity index (χ3n) is 4.25. The minimum Gasteiger partial charge on any atom is -0.323 e. The molecule has 1 fully saturated rings. The molecule has 0 saturated carbocycles. The number of benzene rings is 2. The number of Topliss-reactive ketones (excluding diaryl/α,β-unsaturated/α-hetero) is 1. The highest BCUT2D eigenvalue weighted by atomic mass is 19.1. The number of anilines is 2. The summed E-state index contributed by atoms with van der Waals surface area (Å²) in [4.78, 5) is 37.5. The molecule has 1 unspecified atom stereocenters. The number of carbonyl (C=O) groups excluding carboxylic acids is 3. The molecule has 0 radical (unpaired) electrons. The largest absolute Gasteiger partial charge is 0.323 e. The SMILES string of the molecule is CC(=O)c1cccc(N2CC(C(=O)Nc3ccc(F)cc3F)CC2=O)c1. The Labute approximate surface area is 148 Å². The van der Waals surface area contributed by atoms with Gasteiger partial charge in [-0.3, -0.25) is 14.4 Å². The number of ketones is 1. The zero-order valence-electron chi connectivity index (χ0n) is 14.0. The summed E-state index contributed by atoms with van der Waals surface area (Å²) >= 11 is 0. The Morgan fingerprint density at radius 1 is 1.15 bits per heavy atom. The summed E-state index contributed by atoms with van der Waals surface area (Å²) in [5.74, 6) is -3.20. The van der Waals surface area contributed by atoms with E-state index < -0.39 is 23.5 Å². The summed E-state index contributed by atoms with van der Waals surface area (Å²) in [5.41, 5.74) is 0.864. The molecule has 1 saturated heterocycles. The summed E-state index contributed by atoms with van der Waals surface area (Å²) in [6.07, 6.45) is -0.0288. The lowest BCUT2D eigenvalue weighted by molar-refractivity contribution is -0.122. The molecule has 3 rings (SSSR count). The highest BCUT2D eigenvalue weighted by molar-refractivity contribution is 6.04. The van der Waals surface area contributed by atoms with Gasteiger partial charge in [-0.25, -0.2) is 8.78 Å². The van der Waals surface area contributed by atoms with Crippen LogP contribution in [0.25, 0.3) is 0 Å². The number of nitrogens with zero attached hydrogens (tertiary/aromatic N) is 1. The van der Waals surface area contributed by atoms with Crippen LogP contribution in [-0.2, 0) is 9.59 Å². The van der Waals surface area contributed by atoms with Crippen LogP contribution < -0.4 is 10.2 Å². The third kappa shape index (κ3) is 3.61. The van der Waals surface area contributed by atoms with Crippen molar-refractivity contribution in [1.29, 1.82) is 0 Å². The Bertz CT molecular complexity index is 898. The summed E-state index contributed by atoms with van der Waals surface area (Å²) < 4.78 is 26.6. The summed E-state index contributed by atoms with van der Waals surface area (Å²) in [6, 6.07) is 9.44. The van der Waals surface area contributed by atoms with Crippen molar-refractivity contribution in [3.8, 4) is 0 Å². The van der Waals surface area contributed by atoms with Crippen LogP contribution >= 0.6 is 0 Å². The molecule has 1 aliphatic rings. The van der Waals surface area contributed by atoms with E-state index in [9.17, 15) is 23.2 Å². The van der Waals surface area contributed by atoms with Gasteiger partial charge < -0.3 is 10.2 Å². The maximum absolute atomic E-state index is 13.7. The number of carbonyl (C=O) groups is 3. The molecule has 0 aromatic heterocycles. The smallest absolute Gasteiger partial charge is 0.229 e. The molecule has 134 valence electrons. The first-order valence-electron chi connectivity index (χ1n) is 8.02.